The molecule has 0 spiro atoms. The lowest BCUT2D eigenvalue weighted by atomic mass is 10.1. The Kier molecular flexibility index (Phi) is 24.9. The Labute approximate surface area is 526 Å². The summed E-state index contributed by atoms with van der Waals surface area (Å²) in [5, 5.41) is 7.05. The number of ether oxygens (including phenoxy) is 2. The molecule has 2 bridgehead atoms. The van der Waals surface area contributed by atoms with E-state index in [-0.39, 0.29) is 26.7 Å². The van der Waals surface area contributed by atoms with Crippen LogP contribution in [0, 0.1) is 0 Å². The van der Waals surface area contributed by atoms with Crippen molar-refractivity contribution in [3.63, 3.8) is 0 Å². The van der Waals surface area contributed by atoms with Crippen LogP contribution >= 0.6 is 13.5 Å². The van der Waals surface area contributed by atoms with Gasteiger partial charge in [0.25, 0.3) is 0 Å². The van der Waals surface area contributed by atoms with Gasteiger partial charge in [-0.15, -0.1) is 0 Å². The third kappa shape index (κ3) is 17.6. The Balaban J connectivity index is 0.000000753. The van der Waals surface area contributed by atoms with E-state index in [1.165, 1.54) is 51.9 Å². The van der Waals surface area contributed by atoms with E-state index in [0.717, 1.165) is 30.3 Å². The van der Waals surface area contributed by atoms with Crippen molar-refractivity contribution in [2.75, 3.05) is 88.5 Å². The molecule has 0 radical (unpaired) electrons. The van der Waals surface area contributed by atoms with Crippen LogP contribution in [-0.2, 0) is 75.9 Å². The molecule has 4 aromatic heterocycles. The molecule has 490 valence electrons. The van der Waals surface area contributed by atoms with E-state index in [9.17, 15) is 9.46 Å². The van der Waals surface area contributed by atoms with Crippen molar-refractivity contribution in [3.8, 4) is 0 Å². The smallest absolute Gasteiger partial charge is 0.224 e. The van der Waals surface area contributed by atoms with E-state index in [4.69, 9.17) is 80.6 Å². The molecule has 4 aliphatic heterocycles. The Morgan fingerprint density at radius 1 is 0.756 bits per heavy atom. The number of nitrogen functional groups attached to an aromatic ring is 1. The zero-order chi connectivity index (χ0) is 64.2. The van der Waals surface area contributed by atoms with Gasteiger partial charge in [0.05, 0.1) is 70.8 Å². The molecule has 3 saturated heterocycles. The predicted octanol–water partition coefficient (Wildman–Crippen LogP) is 8.14. The first-order valence-electron chi connectivity index (χ1n) is 31.0. The fourth-order valence-corrected chi connectivity index (χ4v) is 16.4. The lowest BCUT2D eigenvalue weighted by Gasteiger charge is -2.42. The summed E-state index contributed by atoms with van der Waals surface area (Å²) in [7, 11) is -7.43. The zero-order valence-corrected chi connectivity index (χ0v) is 61.9. The minimum Gasteiger partial charge on any atom is -0.780 e. The summed E-state index contributed by atoms with van der Waals surface area (Å²) < 4.78 is 78.3. The molecule has 2 unspecified atom stereocenters. The lowest BCUT2D eigenvalue weighted by Crippen LogP contribution is -3.11. The number of fused-ring (bicyclic) bond motifs is 4. The lowest BCUT2D eigenvalue weighted by molar-refractivity contribution is -0.894. The molecule has 0 saturated carbocycles. The topological polar surface area (TPSA) is 256 Å². The van der Waals surface area contributed by atoms with Crippen molar-refractivity contribution in [2.45, 2.75) is 220 Å². The van der Waals surface area contributed by atoms with Gasteiger partial charge in [-0.25, -0.2) is 15.0 Å². The first kappa shape index (κ1) is 73.0. The fourth-order valence-electron chi connectivity index (χ4n) is 9.96. The number of nitrogens with zero attached hydrogens (tertiary/aromatic N) is 7. The van der Waals surface area contributed by atoms with Crippen LogP contribution in [0.4, 0.5) is 17.6 Å². The van der Waals surface area contributed by atoms with Crippen LogP contribution in [0.3, 0.4) is 0 Å². The maximum absolute atomic E-state index is 14.9. The van der Waals surface area contributed by atoms with Crippen LogP contribution in [0.1, 0.15) is 128 Å². The van der Waals surface area contributed by atoms with Crippen molar-refractivity contribution < 1.29 is 60.1 Å². The van der Waals surface area contributed by atoms with Gasteiger partial charge in [0.2, 0.25) is 12.7 Å². The van der Waals surface area contributed by atoms with Gasteiger partial charge >= 0.3 is 0 Å². The Morgan fingerprint density at radius 2 is 1.31 bits per heavy atom. The van der Waals surface area contributed by atoms with Crippen molar-refractivity contribution in [2.24, 2.45) is 0 Å². The molecule has 8 heterocycles. The second-order valence-electron chi connectivity index (χ2n) is 27.4. The van der Waals surface area contributed by atoms with Crippen molar-refractivity contribution in [1.29, 1.82) is 0 Å². The van der Waals surface area contributed by atoms with Gasteiger partial charge < -0.3 is 88.7 Å². The molecular formula is C56H106N12O11P2S2Si3. The first-order valence-corrected chi connectivity index (χ1v) is 44.8. The highest BCUT2D eigenvalue weighted by atomic mass is 32.7. The summed E-state index contributed by atoms with van der Waals surface area (Å²) in [6.07, 6.45) is -1.95. The van der Waals surface area contributed by atoms with Crippen LogP contribution in [0.15, 0.2) is 18.9 Å². The zero-order valence-electron chi connectivity index (χ0n) is 55.5. The summed E-state index contributed by atoms with van der Waals surface area (Å²) in [5.74, 6) is 1.05. The number of nitrogens with one attached hydrogen (secondary N) is 4. The van der Waals surface area contributed by atoms with E-state index < -0.39 is 101 Å². The molecule has 4 aliphatic rings. The van der Waals surface area contributed by atoms with Gasteiger partial charge in [-0.2, -0.15) is 9.97 Å². The van der Waals surface area contributed by atoms with Gasteiger partial charge in [0, 0.05) is 19.3 Å². The molecule has 0 aliphatic carbocycles. The summed E-state index contributed by atoms with van der Waals surface area (Å²) in [6.45, 7) is 44.6. The molecule has 6 N–H and O–H groups in total. The number of hydrogen-bond acceptors (Lipinski definition) is 21. The highest BCUT2D eigenvalue weighted by Gasteiger charge is 2.56. The number of quaternary nitrogens is 2. The molecule has 10 atom stereocenters. The van der Waals surface area contributed by atoms with Crippen LogP contribution in [0.25, 0.3) is 22.2 Å². The van der Waals surface area contributed by atoms with Gasteiger partial charge in [0.15, 0.2) is 54.4 Å². The van der Waals surface area contributed by atoms with Crippen LogP contribution < -0.4 is 31.1 Å². The van der Waals surface area contributed by atoms with Crippen LogP contribution in [0.5, 0.6) is 0 Å². The van der Waals surface area contributed by atoms with Gasteiger partial charge in [-0.1, -0.05) is 74.1 Å². The minimum absolute atomic E-state index is 0.0324. The number of aryl methyl sites for hydroxylation is 1. The van der Waals surface area contributed by atoms with E-state index >= 15 is 0 Å². The average Bonchev–Trinajstić information content (AvgIpc) is 1.63. The van der Waals surface area contributed by atoms with Crippen molar-refractivity contribution in [1.82, 2.24) is 34.1 Å². The number of hydrogen-bond donors (Lipinski definition) is 5. The second kappa shape index (κ2) is 29.3. The number of imidazole rings is 1. The Bertz CT molecular complexity index is 2930. The number of anilines is 3. The highest BCUT2D eigenvalue weighted by Crippen LogP contribution is 2.56. The molecular weight excluding hydrogens is 1230 g/mol. The molecule has 0 aromatic carbocycles. The van der Waals surface area contributed by atoms with E-state index in [1.807, 2.05) is 10.8 Å². The number of rotatable bonds is 17. The third-order valence-corrected chi connectivity index (χ3v) is 35.2. The molecule has 3 fully saturated rings. The van der Waals surface area contributed by atoms with Crippen molar-refractivity contribution >= 4 is 102 Å². The monoisotopic (exact) mass is 1330 g/mol. The third-order valence-electron chi connectivity index (χ3n) is 18.6. The largest absolute Gasteiger partial charge is 0.780 e. The molecule has 0 amide bonds. The molecule has 30 heteroatoms. The summed E-state index contributed by atoms with van der Waals surface area (Å²) in [5.41, 5.74) is 8.65. The maximum atomic E-state index is 14.9. The predicted molar refractivity (Wildman–Crippen MR) is 354 cm³/mol. The number of aromatic nitrogens is 7. The molecule has 86 heavy (non-hydrogen) atoms. The SMILES string of the molecule is CC(C)(C)[Si](C)(C)OCCNc1nc(N)nc2c1ncn2[C@@H]1O[C@@H]2COP([O-])(=S)O[C@H]3[C@@H](O[Si](C)(C)C(C)(C)C)[C@H](n4cc5c6c(ncnc64)NCCC5)O[C@@H]3COP(=O)([S-])O[C@@H]1[C@@H]2O[Si](C)(C)C(C)(C)C.CC[NH+](CC)CC.CC[NH+](CC)CC. The fraction of sp³-hybridized carbons (Fsp3) is 0.804. The molecule has 8 rings (SSSR count). The summed E-state index contributed by atoms with van der Waals surface area (Å²) in [4.78, 5) is 41.3. The summed E-state index contributed by atoms with van der Waals surface area (Å²) in [6, 6.07) is 0. The quantitative estimate of drug-likeness (QED) is 0.0289. The standard InChI is InChI=1S/C44H76N10O11P2S2Si3.2C6H15N/c1-42(2,3)70(10,11)59-20-19-47-36-30-38(52-41(45)51-36)54(25-50-30)39-33-32(64-71(12,13)43(4,5)6)28(61-39)23-58-66(55,68)62-31-27(22-57-67(56,69)63-33)60-40(34(31)65-72(14,15)44(7,8)9)53-21-26-17-16-18-46-35-29(26)37(53)49-24-48-35;2*1-4-7(5-2)6-3/h21,24-25,27-28,31-34,39-40H,16-20,22-23H2,1-15H3,(H,55,68)(H,56,69)(H,46,48,49)(H3,45,47,51,52);2*4-6H2,1-3H3/t27-,28-,31-,32-,33-,34-,39-,40-,66?,67?;;/m1../s1. The normalized spacial score (nSPS) is 27.1. The first-order chi connectivity index (χ1) is 39.9. The van der Waals surface area contributed by atoms with E-state index in [2.05, 4.69) is 169 Å². The van der Waals surface area contributed by atoms with Crippen LogP contribution in [-0.4, -0.2) is 168 Å². The maximum Gasteiger partial charge on any atom is 0.224 e. The Morgan fingerprint density at radius 3 is 1.87 bits per heavy atom. The average molecular weight is 1330 g/mol. The van der Waals surface area contributed by atoms with Crippen LogP contribution in [0.2, 0.25) is 54.4 Å². The second-order valence-corrected chi connectivity index (χ2v) is 47.1. The minimum atomic E-state index is -4.52. The van der Waals surface area contributed by atoms with Gasteiger partial charge in [-0.3, -0.25) is 9.13 Å². The van der Waals surface area contributed by atoms with E-state index in [1.54, 1.807) is 14.4 Å². The Hall–Kier alpha value is -2.03. The van der Waals surface area contributed by atoms with Crippen molar-refractivity contribution in [3.05, 3.63) is 24.4 Å². The summed E-state index contributed by atoms with van der Waals surface area (Å²) >= 11 is 11.6. The van der Waals surface area contributed by atoms with Gasteiger partial charge in [-0.05, 0) is 114 Å². The molecule has 4 aromatic rings. The number of nitrogens with two attached hydrogens (primary N) is 1. The molecule has 23 nitrogen and oxygen atoms in total. The highest BCUT2D eigenvalue weighted by molar-refractivity contribution is 8.32. The van der Waals surface area contributed by atoms with Gasteiger partial charge in [0.1, 0.15) is 61.1 Å². The van der Waals surface area contributed by atoms with E-state index in [0.29, 0.717) is 36.0 Å².